The molecule has 0 aromatic heterocycles. The van der Waals surface area contributed by atoms with Crippen molar-refractivity contribution >= 4 is 29.9 Å². The maximum Gasteiger partial charge on any atom is 0.244 e. The Kier molecular flexibility index (Phi) is 8.35. The first kappa shape index (κ1) is 21.4. The summed E-state index contributed by atoms with van der Waals surface area (Å²) in [7, 11) is 0. The van der Waals surface area contributed by atoms with Crippen LogP contribution in [-0.4, -0.2) is 48.1 Å². The molecule has 0 unspecified atom stereocenters. The molecule has 1 aromatic carbocycles. The number of rotatable bonds is 5. The average molecular weight is 370 g/mol. The minimum absolute atomic E-state index is 0. The highest BCUT2D eigenvalue weighted by Crippen LogP contribution is 2.14. The zero-order valence-electron chi connectivity index (χ0n) is 15.2. The first-order valence-corrected chi connectivity index (χ1v) is 8.40. The predicted molar refractivity (Wildman–Crippen MR) is 101 cm³/mol. The van der Waals surface area contributed by atoms with Crippen molar-refractivity contribution in [3.05, 3.63) is 29.8 Å². The summed E-state index contributed by atoms with van der Waals surface area (Å²) >= 11 is 0. The number of carbonyl (C=O) groups excluding carboxylic acids is 2. The lowest BCUT2D eigenvalue weighted by molar-refractivity contribution is -0.131. The molecule has 0 aliphatic carbocycles. The van der Waals surface area contributed by atoms with Crippen molar-refractivity contribution in [1.29, 1.82) is 0 Å². The SMILES string of the molecule is CC(=O)N(Cc1ccc(NC(=O)[C@H]2NCCO[C@@H]2C)cc1)C(C)C.Cl. The zero-order chi connectivity index (χ0) is 17.7. The van der Waals surface area contributed by atoms with E-state index in [-0.39, 0.29) is 42.4 Å². The molecule has 1 aliphatic rings. The molecule has 6 nitrogen and oxygen atoms in total. The van der Waals surface area contributed by atoms with E-state index < -0.39 is 0 Å². The van der Waals surface area contributed by atoms with Gasteiger partial charge in [0.15, 0.2) is 0 Å². The minimum atomic E-state index is -0.340. The Morgan fingerprint density at radius 3 is 2.48 bits per heavy atom. The maximum absolute atomic E-state index is 12.3. The fourth-order valence-electron chi connectivity index (χ4n) is 2.80. The summed E-state index contributed by atoms with van der Waals surface area (Å²) in [5, 5.41) is 6.08. The molecular weight excluding hydrogens is 342 g/mol. The van der Waals surface area contributed by atoms with Crippen molar-refractivity contribution in [2.75, 3.05) is 18.5 Å². The minimum Gasteiger partial charge on any atom is -0.375 e. The number of ether oxygens (including phenoxy) is 1. The summed E-state index contributed by atoms with van der Waals surface area (Å²) in [4.78, 5) is 25.8. The molecule has 25 heavy (non-hydrogen) atoms. The molecule has 1 aliphatic heterocycles. The third-order valence-electron chi connectivity index (χ3n) is 4.20. The molecule has 2 rings (SSSR count). The van der Waals surface area contributed by atoms with Crippen molar-refractivity contribution in [2.24, 2.45) is 0 Å². The Morgan fingerprint density at radius 2 is 1.96 bits per heavy atom. The molecule has 7 heteroatoms. The Morgan fingerprint density at radius 1 is 1.32 bits per heavy atom. The van der Waals surface area contributed by atoms with Gasteiger partial charge in [-0.25, -0.2) is 0 Å². The Balaban J connectivity index is 0.00000312. The van der Waals surface area contributed by atoms with E-state index in [9.17, 15) is 9.59 Å². The van der Waals surface area contributed by atoms with Crippen molar-refractivity contribution < 1.29 is 14.3 Å². The third-order valence-corrected chi connectivity index (χ3v) is 4.20. The Bertz CT molecular complexity index is 577. The molecule has 1 aromatic rings. The summed E-state index contributed by atoms with van der Waals surface area (Å²) in [5.41, 5.74) is 1.77. The van der Waals surface area contributed by atoms with Crippen molar-refractivity contribution in [2.45, 2.75) is 52.4 Å². The zero-order valence-corrected chi connectivity index (χ0v) is 16.1. The van der Waals surface area contributed by atoms with Crippen LogP contribution >= 0.6 is 12.4 Å². The second kappa shape index (κ2) is 9.75. The highest BCUT2D eigenvalue weighted by molar-refractivity contribution is 5.95. The van der Waals surface area contributed by atoms with Gasteiger partial charge in [0.1, 0.15) is 6.04 Å². The van der Waals surface area contributed by atoms with Crippen LogP contribution in [0.25, 0.3) is 0 Å². The number of nitrogens with zero attached hydrogens (tertiary/aromatic N) is 1. The summed E-state index contributed by atoms with van der Waals surface area (Å²) in [5.74, 6) is -0.0396. The van der Waals surface area contributed by atoms with Crippen LogP contribution in [-0.2, 0) is 20.9 Å². The van der Waals surface area contributed by atoms with E-state index >= 15 is 0 Å². The van der Waals surface area contributed by atoms with Gasteiger partial charge in [0.25, 0.3) is 0 Å². The van der Waals surface area contributed by atoms with Crippen LogP contribution in [0.4, 0.5) is 5.69 Å². The first-order valence-electron chi connectivity index (χ1n) is 8.40. The van der Waals surface area contributed by atoms with E-state index in [0.29, 0.717) is 19.7 Å². The monoisotopic (exact) mass is 369 g/mol. The van der Waals surface area contributed by atoms with Gasteiger partial charge in [-0.1, -0.05) is 12.1 Å². The Labute approximate surface area is 155 Å². The number of benzene rings is 1. The molecule has 0 saturated carbocycles. The van der Waals surface area contributed by atoms with Crippen molar-refractivity contribution in [3.8, 4) is 0 Å². The van der Waals surface area contributed by atoms with Gasteiger partial charge in [0, 0.05) is 31.7 Å². The van der Waals surface area contributed by atoms with Crippen molar-refractivity contribution in [1.82, 2.24) is 10.2 Å². The van der Waals surface area contributed by atoms with Gasteiger partial charge in [-0.15, -0.1) is 12.4 Å². The number of halogens is 1. The van der Waals surface area contributed by atoms with Crippen LogP contribution in [0.5, 0.6) is 0 Å². The fraction of sp³-hybridized carbons (Fsp3) is 0.556. The number of hydrogen-bond acceptors (Lipinski definition) is 4. The standard InChI is InChI=1S/C18H27N3O3.ClH/c1-12(2)21(14(4)22)11-15-5-7-16(8-6-15)20-18(23)17-13(3)24-10-9-19-17;/h5-8,12-13,17,19H,9-11H2,1-4H3,(H,20,23);1H/t13-,17+;/m1./s1. The summed E-state index contributed by atoms with van der Waals surface area (Å²) in [6.07, 6.45) is -0.145. The first-order chi connectivity index (χ1) is 11.4. The van der Waals surface area contributed by atoms with E-state index in [4.69, 9.17) is 4.74 Å². The van der Waals surface area contributed by atoms with Gasteiger partial charge in [-0.3, -0.25) is 9.59 Å². The Hall–Kier alpha value is -1.63. The number of anilines is 1. The highest BCUT2D eigenvalue weighted by Gasteiger charge is 2.28. The highest BCUT2D eigenvalue weighted by atomic mass is 35.5. The van der Waals surface area contributed by atoms with Crippen LogP contribution < -0.4 is 10.6 Å². The van der Waals surface area contributed by atoms with Gasteiger partial charge in [0.05, 0.1) is 12.7 Å². The van der Waals surface area contributed by atoms with Gasteiger partial charge in [0.2, 0.25) is 11.8 Å². The topological polar surface area (TPSA) is 70.7 Å². The molecule has 0 bridgehead atoms. The molecule has 1 heterocycles. The normalized spacial score (nSPS) is 19.9. The smallest absolute Gasteiger partial charge is 0.244 e. The molecule has 0 radical (unpaired) electrons. The molecule has 0 spiro atoms. The van der Waals surface area contributed by atoms with Gasteiger partial charge in [-0.05, 0) is 38.5 Å². The van der Waals surface area contributed by atoms with E-state index in [1.54, 1.807) is 11.8 Å². The van der Waals surface area contributed by atoms with Gasteiger partial charge in [-0.2, -0.15) is 0 Å². The lowest BCUT2D eigenvalue weighted by Crippen LogP contribution is -2.53. The van der Waals surface area contributed by atoms with Crippen LogP contribution in [0, 0.1) is 0 Å². The van der Waals surface area contributed by atoms with E-state index in [2.05, 4.69) is 10.6 Å². The number of morpholine rings is 1. The van der Waals surface area contributed by atoms with Crippen LogP contribution in [0.15, 0.2) is 24.3 Å². The summed E-state index contributed by atoms with van der Waals surface area (Å²) in [6, 6.07) is 7.40. The van der Waals surface area contributed by atoms with Gasteiger partial charge >= 0.3 is 0 Å². The average Bonchev–Trinajstić information content (AvgIpc) is 2.53. The van der Waals surface area contributed by atoms with Crippen LogP contribution in [0.3, 0.4) is 0 Å². The molecule has 2 atom stereocenters. The fourth-order valence-corrected chi connectivity index (χ4v) is 2.80. The summed E-state index contributed by atoms with van der Waals surface area (Å²) in [6.45, 7) is 9.33. The van der Waals surface area contributed by atoms with E-state index in [0.717, 1.165) is 11.3 Å². The van der Waals surface area contributed by atoms with E-state index in [1.807, 2.05) is 45.0 Å². The quantitative estimate of drug-likeness (QED) is 0.834. The largest absolute Gasteiger partial charge is 0.375 e. The molecule has 1 fully saturated rings. The molecule has 2 N–H and O–H groups in total. The molecule has 140 valence electrons. The molecular formula is C18H28ClN3O3. The second-order valence-electron chi connectivity index (χ2n) is 6.43. The number of amides is 2. The maximum atomic E-state index is 12.3. The van der Waals surface area contributed by atoms with Crippen molar-refractivity contribution in [3.63, 3.8) is 0 Å². The number of nitrogens with one attached hydrogen (secondary N) is 2. The summed E-state index contributed by atoms with van der Waals surface area (Å²) < 4.78 is 5.50. The third kappa shape index (κ3) is 5.99. The lowest BCUT2D eigenvalue weighted by Gasteiger charge is -2.29. The number of carbonyl (C=O) groups is 2. The predicted octanol–water partition coefficient (Wildman–Crippen LogP) is 2.18. The number of hydrogen-bond donors (Lipinski definition) is 2. The van der Waals surface area contributed by atoms with Gasteiger partial charge < -0.3 is 20.3 Å². The second-order valence-corrected chi connectivity index (χ2v) is 6.43. The van der Waals surface area contributed by atoms with Crippen LogP contribution in [0.2, 0.25) is 0 Å². The molecule has 2 amide bonds. The van der Waals surface area contributed by atoms with Crippen LogP contribution in [0.1, 0.15) is 33.3 Å². The molecule has 1 saturated heterocycles. The van der Waals surface area contributed by atoms with E-state index in [1.165, 1.54) is 0 Å². The lowest BCUT2D eigenvalue weighted by atomic mass is 10.1.